The van der Waals surface area contributed by atoms with Gasteiger partial charge in [-0.05, 0) is 29.9 Å². The van der Waals surface area contributed by atoms with Crippen LogP contribution in [0, 0.1) is 0 Å². The maximum atomic E-state index is 4.63. The first-order valence-corrected chi connectivity index (χ1v) is 8.61. The van der Waals surface area contributed by atoms with E-state index in [1.165, 1.54) is 10.5 Å². The van der Waals surface area contributed by atoms with E-state index in [1.54, 1.807) is 18.0 Å². The van der Waals surface area contributed by atoms with Gasteiger partial charge in [-0.2, -0.15) is 9.61 Å². The maximum absolute atomic E-state index is 4.63. The van der Waals surface area contributed by atoms with E-state index in [1.807, 2.05) is 10.6 Å². The smallest absolute Gasteiger partial charge is 0.157 e. The van der Waals surface area contributed by atoms with Gasteiger partial charge in [-0.25, -0.2) is 4.98 Å². The van der Waals surface area contributed by atoms with Gasteiger partial charge in [0, 0.05) is 29.3 Å². The molecule has 0 saturated carbocycles. The molecule has 1 N–H and O–H groups in total. The summed E-state index contributed by atoms with van der Waals surface area (Å²) in [6.07, 6.45) is 3.87. The molecule has 2 heterocycles. The highest BCUT2D eigenvalue weighted by Crippen LogP contribution is 2.20. The molecule has 0 unspecified atom stereocenters. The van der Waals surface area contributed by atoms with Crippen molar-refractivity contribution in [1.29, 1.82) is 0 Å². The number of fused-ring (bicyclic) bond motifs is 1. The van der Waals surface area contributed by atoms with E-state index in [0.717, 1.165) is 23.7 Å². The van der Waals surface area contributed by atoms with Crippen LogP contribution in [0.4, 0.5) is 5.82 Å². The first-order valence-electron chi connectivity index (χ1n) is 7.39. The third-order valence-electron chi connectivity index (χ3n) is 3.60. The summed E-state index contributed by atoms with van der Waals surface area (Å²) in [4.78, 5) is 5.91. The molecule has 0 saturated heterocycles. The van der Waals surface area contributed by atoms with Crippen molar-refractivity contribution in [3.05, 3.63) is 53.9 Å². The SMILES string of the molecule is CSc1ccc(CNc2cc(C(C)C)nc3ccnn23)cc1. The monoisotopic (exact) mass is 312 g/mol. The zero-order valence-electron chi connectivity index (χ0n) is 13.1. The van der Waals surface area contributed by atoms with Crippen LogP contribution in [0.25, 0.3) is 5.65 Å². The molecule has 0 amide bonds. The number of nitrogens with one attached hydrogen (secondary N) is 1. The van der Waals surface area contributed by atoms with Gasteiger partial charge in [0.25, 0.3) is 0 Å². The van der Waals surface area contributed by atoms with Crippen LogP contribution in [0.3, 0.4) is 0 Å². The van der Waals surface area contributed by atoms with Crippen molar-refractivity contribution in [3.8, 4) is 0 Å². The Morgan fingerprint density at radius 1 is 1.18 bits per heavy atom. The first kappa shape index (κ1) is 14.9. The minimum absolute atomic E-state index is 0.390. The molecular formula is C17H20N4S. The van der Waals surface area contributed by atoms with E-state index in [2.05, 4.69) is 65.8 Å². The third kappa shape index (κ3) is 3.09. The van der Waals surface area contributed by atoms with Crippen LogP contribution in [0.5, 0.6) is 0 Å². The highest BCUT2D eigenvalue weighted by Gasteiger charge is 2.08. The second kappa shape index (κ2) is 6.40. The van der Waals surface area contributed by atoms with E-state index in [0.29, 0.717) is 5.92 Å². The van der Waals surface area contributed by atoms with Gasteiger partial charge >= 0.3 is 0 Å². The number of rotatable bonds is 5. The maximum Gasteiger partial charge on any atom is 0.157 e. The normalized spacial score (nSPS) is 11.3. The molecule has 0 aliphatic rings. The first-order chi connectivity index (χ1) is 10.7. The molecule has 114 valence electrons. The Bertz CT molecular complexity index is 762. The van der Waals surface area contributed by atoms with Crippen LogP contribution >= 0.6 is 11.8 Å². The molecule has 0 atom stereocenters. The Hall–Kier alpha value is -2.01. The summed E-state index contributed by atoms with van der Waals surface area (Å²) in [5.41, 5.74) is 3.21. The minimum atomic E-state index is 0.390. The minimum Gasteiger partial charge on any atom is -0.366 e. The highest BCUT2D eigenvalue weighted by molar-refractivity contribution is 7.98. The fraction of sp³-hybridized carbons (Fsp3) is 0.294. The van der Waals surface area contributed by atoms with E-state index in [4.69, 9.17) is 0 Å². The predicted octanol–water partition coefficient (Wildman–Crippen LogP) is 4.19. The summed E-state index contributed by atoms with van der Waals surface area (Å²) in [6, 6.07) is 12.6. The van der Waals surface area contributed by atoms with Crippen molar-refractivity contribution in [3.63, 3.8) is 0 Å². The van der Waals surface area contributed by atoms with E-state index < -0.39 is 0 Å². The summed E-state index contributed by atoms with van der Waals surface area (Å²) in [7, 11) is 0. The highest BCUT2D eigenvalue weighted by atomic mass is 32.2. The van der Waals surface area contributed by atoms with Crippen LogP contribution in [0.15, 0.2) is 47.5 Å². The number of anilines is 1. The Labute approximate surface area is 135 Å². The van der Waals surface area contributed by atoms with Crippen molar-refractivity contribution < 1.29 is 0 Å². The molecule has 0 spiro atoms. The number of hydrogen-bond acceptors (Lipinski definition) is 4. The summed E-state index contributed by atoms with van der Waals surface area (Å²) < 4.78 is 1.85. The van der Waals surface area contributed by atoms with Gasteiger partial charge in [0.2, 0.25) is 0 Å². The predicted molar refractivity (Wildman–Crippen MR) is 92.6 cm³/mol. The van der Waals surface area contributed by atoms with Crippen LogP contribution in [-0.2, 0) is 6.54 Å². The average molecular weight is 312 g/mol. The quantitative estimate of drug-likeness (QED) is 0.717. The lowest BCUT2D eigenvalue weighted by molar-refractivity contribution is 0.808. The largest absolute Gasteiger partial charge is 0.366 e. The van der Waals surface area contributed by atoms with Gasteiger partial charge < -0.3 is 5.32 Å². The summed E-state index contributed by atoms with van der Waals surface area (Å²) in [5.74, 6) is 1.37. The summed E-state index contributed by atoms with van der Waals surface area (Å²) >= 11 is 1.76. The molecule has 2 aromatic heterocycles. The Morgan fingerprint density at radius 2 is 1.95 bits per heavy atom. The van der Waals surface area contributed by atoms with Crippen LogP contribution in [-0.4, -0.2) is 20.9 Å². The van der Waals surface area contributed by atoms with E-state index >= 15 is 0 Å². The zero-order chi connectivity index (χ0) is 15.5. The second-order valence-electron chi connectivity index (χ2n) is 5.52. The van der Waals surface area contributed by atoms with Gasteiger partial charge in [0.05, 0.1) is 6.20 Å². The molecule has 0 aliphatic heterocycles. The van der Waals surface area contributed by atoms with Crippen LogP contribution < -0.4 is 5.32 Å². The third-order valence-corrected chi connectivity index (χ3v) is 4.35. The number of benzene rings is 1. The van der Waals surface area contributed by atoms with Crippen molar-refractivity contribution in [2.24, 2.45) is 0 Å². The summed E-state index contributed by atoms with van der Waals surface area (Å²) in [6.45, 7) is 5.07. The number of aromatic nitrogens is 3. The number of thioether (sulfide) groups is 1. The molecule has 5 heteroatoms. The van der Waals surface area contributed by atoms with Gasteiger partial charge in [0.15, 0.2) is 5.65 Å². The molecule has 0 radical (unpaired) electrons. The van der Waals surface area contributed by atoms with Crippen molar-refractivity contribution >= 4 is 23.2 Å². The lowest BCUT2D eigenvalue weighted by Crippen LogP contribution is -2.08. The topological polar surface area (TPSA) is 42.2 Å². The van der Waals surface area contributed by atoms with Gasteiger partial charge in [-0.15, -0.1) is 11.8 Å². The van der Waals surface area contributed by atoms with Crippen molar-refractivity contribution in [2.45, 2.75) is 31.2 Å². The van der Waals surface area contributed by atoms with Crippen LogP contribution in [0.1, 0.15) is 31.0 Å². The van der Waals surface area contributed by atoms with E-state index in [-0.39, 0.29) is 0 Å². The molecule has 0 bridgehead atoms. The molecule has 1 aromatic carbocycles. The average Bonchev–Trinajstić information content (AvgIpc) is 3.01. The standard InChI is InChI=1S/C17H20N4S/c1-12(2)15-10-17(21-16(20-15)8-9-19-21)18-11-13-4-6-14(22-3)7-5-13/h4-10,12,18H,11H2,1-3H3. The molecule has 0 fully saturated rings. The fourth-order valence-electron chi connectivity index (χ4n) is 2.29. The van der Waals surface area contributed by atoms with Crippen molar-refractivity contribution in [1.82, 2.24) is 14.6 Å². The Morgan fingerprint density at radius 3 is 2.64 bits per heavy atom. The lowest BCUT2D eigenvalue weighted by Gasteiger charge is -2.12. The summed E-state index contributed by atoms with van der Waals surface area (Å²) in [5, 5.41) is 7.82. The molecule has 0 aliphatic carbocycles. The molecule has 4 nitrogen and oxygen atoms in total. The van der Waals surface area contributed by atoms with Gasteiger partial charge in [-0.3, -0.25) is 0 Å². The van der Waals surface area contributed by atoms with Gasteiger partial charge in [0.1, 0.15) is 5.82 Å². The second-order valence-corrected chi connectivity index (χ2v) is 6.40. The fourth-order valence-corrected chi connectivity index (χ4v) is 2.70. The molecule has 3 aromatic rings. The lowest BCUT2D eigenvalue weighted by atomic mass is 10.1. The zero-order valence-corrected chi connectivity index (χ0v) is 13.9. The number of nitrogens with zero attached hydrogens (tertiary/aromatic N) is 3. The molecule has 22 heavy (non-hydrogen) atoms. The molecule has 3 rings (SSSR count). The molecular weight excluding hydrogens is 292 g/mol. The van der Waals surface area contributed by atoms with Crippen LogP contribution in [0.2, 0.25) is 0 Å². The van der Waals surface area contributed by atoms with Crippen molar-refractivity contribution in [2.75, 3.05) is 11.6 Å². The Kier molecular flexibility index (Phi) is 4.34. The van der Waals surface area contributed by atoms with E-state index in [9.17, 15) is 0 Å². The van der Waals surface area contributed by atoms with Gasteiger partial charge in [-0.1, -0.05) is 26.0 Å². The Balaban J connectivity index is 1.84. The number of hydrogen-bond donors (Lipinski definition) is 1.